The van der Waals surface area contributed by atoms with Gasteiger partial charge in [-0.1, -0.05) is 0 Å². The van der Waals surface area contributed by atoms with Crippen LogP contribution in [0.15, 0.2) is 0 Å². The van der Waals surface area contributed by atoms with Crippen molar-refractivity contribution in [1.29, 1.82) is 0 Å². The zero-order valence-corrected chi connectivity index (χ0v) is 13.9. The van der Waals surface area contributed by atoms with Gasteiger partial charge in [-0.3, -0.25) is 4.79 Å². The Morgan fingerprint density at radius 1 is 1.24 bits per heavy atom. The molecule has 1 heterocycles. The number of ether oxygens (including phenoxy) is 1. The van der Waals surface area contributed by atoms with Crippen LogP contribution in [-0.2, 0) is 9.53 Å². The Morgan fingerprint density at radius 2 is 1.90 bits per heavy atom. The van der Waals surface area contributed by atoms with Gasteiger partial charge in [0.15, 0.2) is 0 Å². The summed E-state index contributed by atoms with van der Waals surface area (Å²) in [6, 6.07) is 0.0396. The van der Waals surface area contributed by atoms with E-state index in [9.17, 15) is 9.59 Å². The normalized spacial score (nSPS) is 21.4. The zero-order valence-electron chi connectivity index (χ0n) is 13.9. The standard InChI is InChI=1S/C15H29N3O3/c1-11(13(19)16-5)17-12-7-6-9-18(10-8-12)14(20)21-15(2,3)4/h11-12,17H,6-10H2,1-5H3,(H,16,19). The van der Waals surface area contributed by atoms with Crippen LogP contribution in [0.1, 0.15) is 47.0 Å². The average molecular weight is 299 g/mol. The first kappa shape index (κ1) is 17.8. The Hall–Kier alpha value is -1.30. The molecule has 1 aliphatic rings. The summed E-state index contributed by atoms with van der Waals surface area (Å²) in [5.41, 5.74) is -0.464. The molecule has 0 aromatic heterocycles. The lowest BCUT2D eigenvalue weighted by atomic mass is 10.1. The highest BCUT2D eigenvalue weighted by Gasteiger charge is 2.26. The Morgan fingerprint density at radius 3 is 2.48 bits per heavy atom. The molecule has 21 heavy (non-hydrogen) atoms. The van der Waals surface area contributed by atoms with Crippen molar-refractivity contribution in [2.75, 3.05) is 20.1 Å². The van der Waals surface area contributed by atoms with Crippen molar-refractivity contribution in [3.63, 3.8) is 0 Å². The highest BCUT2D eigenvalue weighted by Crippen LogP contribution is 2.15. The van der Waals surface area contributed by atoms with Crippen LogP contribution in [0.2, 0.25) is 0 Å². The molecule has 1 saturated heterocycles. The van der Waals surface area contributed by atoms with Gasteiger partial charge in [-0.25, -0.2) is 4.79 Å². The molecule has 0 radical (unpaired) electrons. The van der Waals surface area contributed by atoms with Gasteiger partial charge in [0.2, 0.25) is 5.91 Å². The highest BCUT2D eigenvalue weighted by atomic mass is 16.6. The van der Waals surface area contributed by atoms with E-state index in [0.29, 0.717) is 13.1 Å². The monoisotopic (exact) mass is 299 g/mol. The largest absolute Gasteiger partial charge is 0.444 e. The molecule has 0 aromatic carbocycles. The Bertz CT molecular complexity index is 366. The first-order valence-corrected chi connectivity index (χ1v) is 7.68. The Balaban J connectivity index is 2.47. The fourth-order valence-corrected chi connectivity index (χ4v) is 2.42. The number of carbonyl (C=O) groups is 2. The number of carbonyl (C=O) groups excluding carboxylic acids is 2. The van der Waals surface area contributed by atoms with E-state index in [1.807, 2.05) is 27.7 Å². The fraction of sp³-hybridized carbons (Fsp3) is 0.867. The molecular weight excluding hydrogens is 270 g/mol. The van der Waals surface area contributed by atoms with Crippen molar-refractivity contribution in [3.05, 3.63) is 0 Å². The first-order chi connectivity index (χ1) is 9.73. The van der Waals surface area contributed by atoms with Crippen LogP contribution < -0.4 is 10.6 Å². The molecule has 0 bridgehead atoms. The molecule has 1 fully saturated rings. The third-order valence-corrected chi connectivity index (χ3v) is 3.51. The van der Waals surface area contributed by atoms with E-state index >= 15 is 0 Å². The Labute approximate surface area is 127 Å². The predicted octanol–water partition coefficient (Wildman–Crippen LogP) is 1.50. The number of nitrogens with one attached hydrogen (secondary N) is 2. The molecular formula is C15H29N3O3. The van der Waals surface area contributed by atoms with Crippen LogP contribution in [0.4, 0.5) is 4.79 Å². The maximum absolute atomic E-state index is 12.1. The summed E-state index contributed by atoms with van der Waals surface area (Å²) >= 11 is 0. The average Bonchev–Trinajstić information content (AvgIpc) is 2.61. The van der Waals surface area contributed by atoms with Crippen LogP contribution in [0.5, 0.6) is 0 Å². The maximum atomic E-state index is 12.1. The highest BCUT2D eigenvalue weighted by molar-refractivity contribution is 5.80. The topological polar surface area (TPSA) is 70.7 Å². The van der Waals surface area contributed by atoms with Crippen LogP contribution in [0.25, 0.3) is 0 Å². The van der Waals surface area contributed by atoms with E-state index in [1.54, 1.807) is 11.9 Å². The molecule has 0 aliphatic carbocycles. The van der Waals surface area contributed by atoms with Crippen molar-refractivity contribution < 1.29 is 14.3 Å². The van der Waals surface area contributed by atoms with Crippen LogP contribution in [0.3, 0.4) is 0 Å². The van der Waals surface area contributed by atoms with Gasteiger partial charge in [0.1, 0.15) is 5.60 Å². The number of hydrogen-bond donors (Lipinski definition) is 2. The molecule has 2 N–H and O–H groups in total. The van der Waals surface area contributed by atoms with Gasteiger partial charge in [0.25, 0.3) is 0 Å². The van der Waals surface area contributed by atoms with E-state index in [2.05, 4.69) is 10.6 Å². The van der Waals surface area contributed by atoms with Crippen molar-refractivity contribution in [3.8, 4) is 0 Å². The summed E-state index contributed by atoms with van der Waals surface area (Å²) in [6.07, 6.45) is 2.46. The second kappa shape index (κ2) is 7.64. The summed E-state index contributed by atoms with van der Waals surface area (Å²) in [5, 5.41) is 5.96. The minimum absolute atomic E-state index is 0.0109. The van der Waals surface area contributed by atoms with E-state index in [4.69, 9.17) is 4.74 Å². The van der Waals surface area contributed by atoms with Gasteiger partial charge in [-0.2, -0.15) is 0 Å². The number of likely N-dealkylation sites (N-methyl/N-ethyl adjacent to an activating group) is 1. The lowest BCUT2D eigenvalue weighted by Crippen LogP contribution is -2.46. The van der Waals surface area contributed by atoms with Crippen molar-refractivity contribution in [2.45, 2.75) is 64.6 Å². The summed E-state index contributed by atoms with van der Waals surface area (Å²) in [7, 11) is 1.64. The number of hydrogen-bond acceptors (Lipinski definition) is 4. The SMILES string of the molecule is CNC(=O)C(C)NC1CCCN(C(=O)OC(C)(C)C)CC1. The van der Waals surface area contributed by atoms with Gasteiger partial charge in [0, 0.05) is 26.2 Å². The molecule has 2 unspecified atom stereocenters. The molecule has 0 spiro atoms. The second-order valence-electron chi connectivity index (χ2n) is 6.60. The van der Waals surface area contributed by atoms with Crippen LogP contribution in [-0.4, -0.2) is 54.7 Å². The Kier molecular flexibility index (Phi) is 6.45. The molecule has 1 rings (SSSR count). The van der Waals surface area contributed by atoms with E-state index in [-0.39, 0.29) is 24.1 Å². The molecule has 6 nitrogen and oxygen atoms in total. The number of amides is 2. The minimum atomic E-state index is -0.464. The minimum Gasteiger partial charge on any atom is -0.444 e. The van der Waals surface area contributed by atoms with E-state index in [0.717, 1.165) is 19.3 Å². The molecule has 0 aromatic rings. The van der Waals surface area contributed by atoms with Gasteiger partial charge in [0.05, 0.1) is 6.04 Å². The van der Waals surface area contributed by atoms with Crippen molar-refractivity contribution in [2.24, 2.45) is 0 Å². The van der Waals surface area contributed by atoms with Crippen molar-refractivity contribution in [1.82, 2.24) is 15.5 Å². The molecule has 122 valence electrons. The van der Waals surface area contributed by atoms with Crippen LogP contribution >= 0.6 is 0 Å². The fourth-order valence-electron chi connectivity index (χ4n) is 2.42. The number of nitrogens with zero attached hydrogens (tertiary/aromatic N) is 1. The lowest BCUT2D eigenvalue weighted by molar-refractivity contribution is -0.122. The van der Waals surface area contributed by atoms with Gasteiger partial charge in [-0.05, 0) is 47.0 Å². The maximum Gasteiger partial charge on any atom is 0.410 e. The van der Waals surface area contributed by atoms with E-state index in [1.165, 1.54) is 0 Å². The summed E-state index contributed by atoms with van der Waals surface area (Å²) in [6.45, 7) is 8.85. The summed E-state index contributed by atoms with van der Waals surface area (Å²) in [4.78, 5) is 25.4. The molecule has 2 atom stereocenters. The molecule has 6 heteroatoms. The quantitative estimate of drug-likeness (QED) is 0.828. The second-order valence-corrected chi connectivity index (χ2v) is 6.60. The smallest absolute Gasteiger partial charge is 0.410 e. The predicted molar refractivity (Wildman–Crippen MR) is 82.1 cm³/mol. The summed E-state index contributed by atoms with van der Waals surface area (Å²) < 4.78 is 5.41. The first-order valence-electron chi connectivity index (χ1n) is 7.68. The lowest BCUT2D eigenvalue weighted by Gasteiger charge is -2.26. The van der Waals surface area contributed by atoms with Gasteiger partial charge >= 0.3 is 6.09 Å². The third-order valence-electron chi connectivity index (χ3n) is 3.51. The summed E-state index contributed by atoms with van der Waals surface area (Å²) in [5.74, 6) is -0.0109. The third kappa shape index (κ3) is 6.33. The van der Waals surface area contributed by atoms with Gasteiger partial charge < -0.3 is 20.3 Å². The molecule has 0 saturated carbocycles. The number of rotatable bonds is 3. The zero-order chi connectivity index (χ0) is 16.0. The molecule has 2 amide bonds. The number of likely N-dealkylation sites (tertiary alicyclic amines) is 1. The van der Waals surface area contributed by atoms with Gasteiger partial charge in [-0.15, -0.1) is 0 Å². The van der Waals surface area contributed by atoms with Crippen molar-refractivity contribution >= 4 is 12.0 Å². The molecule has 1 aliphatic heterocycles. The van der Waals surface area contributed by atoms with Crippen LogP contribution in [0, 0.1) is 0 Å². The van der Waals surface area contributed by atoms with E-state index < -0.39 is 5.60 Å².